The molecule has 16 heavy (non-hydrogen) atoms. The maximum Gasteiger partial charge on any atom is 0.263 e. The second kappa shape index (κ2) is 4.15. The number of amides is 1. The Morgan fingerprint density at radius 2 is 1.94 bits per heavy atom. The molecule has 1 heterocycles. The third kappa shape index (κ3) is 2.02. The average Bonchev–Trinajstić information content (AvgIpc) is 2.51. The van der Waals surface area contributed by atoms with Crippen molar-refractivity contribution in [3.05, 3.63) is 28.7 Å². The number of thioether (sulfide) groups is 1. The molecule has 0 spiro atoms. The lowest BCUT2D eigenvalue weighted by Gasteiger charge is -2.02. The van der Waals surface area contributed by atoms with E-state index < -0.39 is 0 Å². The molecular formula is C10H7NO3S2. The van der Waals surface area contributed by atoms with E-state index in [2.05, 4.69) is 5.32 Å². The summed E-state index contributed by atoms with van der Waals surface area (Å²) in [6.45, 7) is 0. The van der Waals surface area contributed by atoms with Gasteiger partial charge in [-0.25, -0.2) is 0 Å². The third-order valence-corrected chi connectivity index (χ3v) is 3.14. The third-order valence-electron chi connectivity index (χ3n) is 1.98. The molecule has 1 fully saturated rings. The number of carbonyl (C=O) groups is 1. The summed E-state index contributed by atoms with van der Waals surface area (Å²) < 4.78 is 0.367. The van der Waals surface area contributed by atoms with Crippen LogP contribution in [0.25, 0.3) is 6.08 Å². The summed E-state index contributed by atoms with van der Waals surface area (Å²) >= 11 is 5.92. The zero-order chi connectivity index (χ0) is 11.7. The monoisotopic (exact) mass is 253 g/mol. The Morgan fingerprint density at radius 3 is 2.44 bits per heavy atom. The Morgan fingerprint density at radius 1 is 1.31 bits per heavy atom. The first-order valence-electron chi connectivity index (χ1n) is 4.34. The number of rotatable bonds is 1. The van der Waals surface area contributed by atoms with Gasteiger partial charge in [-0.3, -0.25) is 4.79 Å². The number of phenolic OH excluding ortho intramolecular Hbond substituents is 2. The van der Waals surface area contributed by atoms with Gasteiger partial charge in [0.05, 0.1) is 10.5 Å². The Bertz CT molecular complexity index is 491. The van der Waals surface area contributed by atoms with Crippen LogP contribution < -0.4 is 5.32 Å². The number of thiocarbonyl (C=S) groups is 1. The van der Waals surface area contributed by atoms with Crippen LogP contribution in [0.3, 0.4) is 0 Å². The summed E-state index contributed by atoms with van der Waals surface area (Å²) in [7, 11) is 0. The topological polar surface area (TPSA) is 69.6 Å². The number of aromatic hydroxyl groups is 2. The molecule has 6 heteroatoms. The summed E-state index contributed by atoms with van der Waals surface area (Å²) in [5.41, 5.74) is 0.213. The second-order valence-corrected chi connectivity index (χ2v) is 4.78. The highest BCUT2D eigenvalue weighted by atomic mass is 32.2. The Labute approximate surface area is 101 Å². The smallest absolute Gasteiger partial charge is 0.263 e. The van der Waals surface area contributed by atoms with E-state index in [0.29, 0.717) is 9.23 Å². The van der Waals surface area contributed by atoms with Crippen molar-refractivity contribution in [2.45, 2.75) is 0 Å². The van der Waals surface area contributed by atoms with E-state index in [9.17, 15) is 15.0 Å². The van der Waals surface area contributed by atoms with Gasteiger partial charge in [-0.15, -0.1) is 0 Å². The lowest BCUT2D eigenvalue weighted by molar-refractivity contribution is -0.115. The molecule has 0 bridgehead atoms. The average molecular weight is 253 g/mol. The molecule has 82 valence electrons. The van der Waals surface area contributed by atoms with Crippen molar-refractivity contribution in [3.8, 4) is 11.5 Å². The molecular weight excluding hydrogens is 246 g/mol. The molecule has 1 aromatic rings. The van der Waals surface area contributed by atoms with Crippen LogP contribution in [0.1, 0.15) is 5.56 Å². The van der Waals surface area contributed by atoms with Crippen LogP contribution >= 0.6 is 24.0 Å². The number of hydrogen-bond acceptors (Lipinski definition) is 5. The van der Waals surface area contributed by atoms with E-state index in [0.717, 1.165) is 11.8 Å². The number of carbonyl (C=O) groups excluding carboxylic acids is 1. The number of hydrogen-bond donors (Lipinski definition) is 3. The molecule has 1 amide bonds. The quantitative estimate of drug-likeness (QED) is 0.524. The SMILES string of the molecule is O=C1NC(=S)S/C1=C\c1c(O)cccc1O. The van der Waals surface area contributed by atoms with Gasteiger partial charge >= 0.3 is 0 Å². The largest absolute Gasteiger partial charge is 0.507 e. The maximum absolute atomic E-state index is 11.4. The van der Waals surface area contributed by atoms with Gasteiger partial charge < -0.3 is 15.5 Å². The van der Waals surface area contributed by atoms with Gasteiger partial charge in [-0.1, -0.05) is 30.0 Å². The lowest BCUT2D eigenvalue weighted by atomic mass is 10.1. The normalized spacial score (nSPS) is 17.9. The first-order valence-corrected chi connectivity index (χ1v) is 5.56. The zero-order valence-corrected chi connectivity index (χ0v) is 9.56. The van der Waals surface area contributed by atoms with E-state index >= 15 is 0 Å². The van der Waals surface area contributed by atoms with Crippen molar-refractivity contribution < 1.29 is 15.0 Å². The van der Waals surface area contributed by atoms with Gasteiger partial charge in [0, 0.05) is 0 Å². The second-order valence-electron chi connectivity index (χ2n) is 3.06. The standard InChI is InChI=1S/C10H7NO3S2/c12-6-2-1-3-7(13)5(6)4-8-9(14)11-10(15)16-8/h1-4,12-13H,(H,11,14,15)/b8-4-. The van der Waals surface area contributed by atoms with Crippen LogP contribution in [0.2, 0.25) is 0 Å². The lowest BCUT2D eigenvalue weighted by Crippen LogP contribution is -2.17. The van der Waals surface area contributed by atoms with Crippen molar-refractivity contribution in [2.24, 2.45) is 0 Å². The fourth-order valence-corrected chi connectivity index (χ4v) is 2.27. The van der Waals surface area contributed by atoms with E-state index in [1.165, 1.54) is 24.3 Å². The van der Waals surface area contributed by atoms with E-state index in [-0.39, 0.29) is 23.0 Å². The van der Waals surface area contributed by atoms with Gasteiger partial charge in [-0.05, 0) is 18.2 Å². The molecule has 1 aliphatic rings. The van der Waals surface area contributed by atoms with E-state index in [1.54, 1.807) is 0 Å². The molecule has 0 unspecified atom stereocenters. The molecule has 1 aliphatic heterocycles. The first kappa shape index (κ1) is 11.0. The predicted octanol–water partition coefficient (Wildman–Crippen LogP) is 1.59. The Hall–Kier alpha value is -1.53. The highest BCUT2D eigenvalue weighted by Gasteiger charge is 2.22. The van der Waals surface area contributed by atoms with Crippen LogP contribution in [0.4, 0.5) is 0 Å². The summed E-state index contributed by atoms with van der Waals surface area (Å²) in [6.07, 6.45) is 1.41. The summed E-state index contributed by atoms with van der Waals surface area (Å²) in [6, 6.07) is 4.38. The van der Waals surface area contributed by atoms with Gasteiger partial charge in [0.15, 0.2) is 0 Å². The highest BCUT2D eigenvalue weighted by molar-refractivity contribution is 8.26. The van der Waals surface area contributed by atoms with Crippen molar-refractivity contribution in [1.82, 2.24) is 5.32 Å². The van der Waals surface area contributed by atoms with Gasteiger partial charge in [0.25, 0.3) is 5.91 Å². The predicted molar refractivity (Wildman–Crippen MR) is 66.1 cm³/mol. The number of benzene rings is 1. The maximum atomic E-state index is 11.4. The molecule has 1 aromatic carbocycles. The van der Waals surface area contributed by atoms with Gasteiger partial charge in [0.1, 0.15) is 15.8 Å². The Balaban J connectivity index is 2.44. The first-order chi connectivity index (χ1) is 7.58. The zero-order valence-electron chi connectivity index (χ0n) is 7.93. The van der Waals surface area contributed by atoms with Gasteiger partial charge in [-0.2, -0.15) is 0 Å². The van der Waals surface area contributed by atoms with Crippen molar-refractivity contribution in [3.63, 3.8) is 0 Å². The van der Waals surface area contributed by atoms with Gasteiger partial charge in [0.2, 0.25) is 0 Å². The fourth-order valence-electron chi connectivity index (χ4n) is 1.24. The molecule has 0 radical (unpaired) electrons. The molecule has 3 N–H and O–H groups in total. The van der Waals surface area contributed by atoms with Crippen LogP contribution in [0, 0.1) is 0 Å². The minimum absolute atomic E-state index is 0.0845. The fraction of sp³-hybridized carbons (Fsp3) is 0. The molecule has 0 aromatic heterocycles. The van der Waals surface area contributed by atoms with E-state index in [4.69, 9.17) is 12.2 Å². The van der Waals surface area contributed by atoms with Crippen molar-refractivity contribution >= 4 is 40.3 Å². The van der Waals surface area contributed by atoms with Crippen LogP contribution in [-0.4, -0.2) is 20.4 Å². The van der Waals surface area contributed by atoms with Crippen molar-refractivity contribution in [1.29, 1.82) is 0 Å². The molecule has 1 saturated heterocycles. The summed E-state index contributed by atoms with van der Waals surface area (Å²) in [5.74, 6) is -0.491. The Kier molecular flexibility index (Phi) is 2.84. The van der Waals surface area contributed by atoms with E-state index in [1.807, 2.05) is 0 Å². The minimum Gasteiger partial charge on any atom is -0.507 e. The summed E-state index contributed by atoms with van der Waals surface area (Å²) in [5, 5.41) is 21.5. The van der Waals surface area contributed by atoms with Crippen LogP contribution in [0.15, 0.2) is 23.1 Å². The molecule has 0 atom stereocenters. The molecule has 0 saturated carbocycles. The number of nitrogens with one attached hydrogen (secondary N) is 1. The summed E-state index contributed by atoms with van der Waals surface area (Å²) in [4.78, 5) is 11.7. The molecule has 0 aliphatic carbocycles. The minimum atomic E-state index is -0.322. The molecule has 4 nitrogen and oxygen atoms in total. The van der Waals surface area contributed by atoms with Crippen molar-refractivity contribution in [2.75, 3.05) is 0 Å². The number of phenols is 2. The van der Waals surface area contributed by atoms with Crippen LogP contribution in [-0.2, 0) is 4.79 Å². The molecule has 2 rings (SSSR count). The highest BCUT2D eigenvalue weighted by Crippen LogP contribution is 2.33. The van der Waals surface area contributed by atoms with Crippen LogP contribution in [0.5, 0.6) is 11.5 Å².